The third kappa shape index (κ3) is 7.16. The Hall–Kier alpha value is -2.67. The van der Waals surface area contributed by atoms with Gasteiger partial charge in [0.2, 0.25) is 5.88 Å². The Morgan fingerprint density at radius 2 is 1.73 bits per heavy atom. The van der Waals surface area contributed by atoms with E-state index in [2.05, 4.69) is 37.8 Å². The molecule has 178 valence electrons. The molecule has 0 aliphatic rings. The summed E-state index contributed by atoms with van der Waals surface area (Å²) in [6, 6.07) is 18.2. The van der Waals surface area contributed by atoms with Crippen molar-refractivity contribution < 1.29 is 14.6 Å². The van der Waals surface area contributed by atoms with Crippen LogP contribution in [-0.4, -0.2) is 52.2 Å². The van der Waals surface area contributed by atoms with Crippen LogP contribution in [0.4, 0.5) is 0 Å². The van der Waals surface area contributed by atoms with Crippen molar-refractivity contribution in [3.8, 4) is 22.9 Å². The van der Waals surface area contributed by atoms with Crippen molar-refractivity contribution in [2.75, 3.05) is 26.3 Å². The smallest absolute Gasteiger partial charge is 0.222 e. The standard InChI is InChI=1S/C27H37N3O3/c1-6-32-19-23(31)17-30(16-20(2)3)18-25-26(22-10-8-7-9-11-22)28-29(5)27(25)33-24-14-12-21(4)13-15-24/h7-15,20,23,31H,6,16-19H2,1-5H3/t23-/m1/s1. The molecule has 0 fully saturated rings. The minimum atomic E-state index is -0.554. The first-order chi connectivity index (χ1) is 15.9. The minimum Gasteiger partial charge on any atom is -0.439 e. The van der Waals surface area contributed by atoms with Crippen LogP contribution in [-0.2, 0) is 18.3 Å². The monoisotopic (exact) mass is 451 g/mol. The molecule has 1 heterocycles. The van der Waals surface area contributed by atoms with Crippen molar-refractivity contribution in [3.05, 3.63) is 65.7 Å². The van der Waals surface area contributed by atoms with E-state index >= 15 is 0 Å². The van der Waals surface area contributed by atoms with Gasteiger partial charge in [0.15, 0.2) is 0 Å². The Labute approximate surface area is 197 Å². The number of rotatable bonds is 12. The van der Waals surface area contributed by atoms with E-state index in [1.165, 1.54) is 5.56 Å². The van der Waals surface area contributed by atoms with Gasteiger partial charge in [-0.05, 0) is 31.9 Å². The summed E-state index contributed by atoms with van der Waals surface area (Å²) in [5, 5.41) is 15.4. The second-order valence-electron chi connectivity index (χ2n) is 8.94. The van der Waals surface area contributed by atoms with Crippen LogP contribution in [0, 0.1) is 12.8 Å². The summed E-state index contributed by atoms with van der Waals surface area (Å²) in [6.07, 6.45) is -0.554. The van der Waals surface area contributed by atoms with Crippen molar-refractivity contribution in [2.24, 2.45) is 13.0 Å². The Kier molecular flexibility index (Phi) is 9.06. The molecule has 1 N–H and O–H groups in total. The normalized spacial score (nSPS) is 12.5. The summed E-state index contributed by atoms with van der Waals surface area (Å²) in [4.78, 5) is 2.26. The highest BCUT2D eigenvalue weighted by atomic mass is 16.5. The van der Waals surface area contributed by atoms with Crippen molar-refractivity contribution in [3.63, 3.8) is 0 Å². The molecule has 0 spiro atoms. The van der Waals surface area contributed by atoms with E-state index < -0.39 is 6.10 Å². The molecule has 1 aromatic heterocycles. The van der Waals surface area contributed by atoms with Gasteiger partial charge < -0.3 is 14.6 Å². The zero-order chi connectivity index (χ0) is 23.8. The van der Waals surface area contributed by atoms with E-state index in [9.17, 15) is 5.11 Å². The second-order valence-corrected chi connectivity index (χ2v) is 8.94. The largest absolute Gasteiger partial charge is 0.439 e. The number of benzene rings is 2. The predicted molar refractivity (Wildman–Crippen MR) is 133 cm³/mol. The zero-order valence-corrected chi connectivity index (χ0v) is 20.5. The Morgan fingerprint density at radius 1 is 1.03 bits per heavy atom. The van der Waals surface area contributed by atoms with Gasteiger partial charge in [0.1, 0.15) is 11.4 Å². The topological polar surface area (TPSA) is 59.8 Å². The van der Waals surface area contributed by atoms with Crippen LogP contribution in [0.1, 0.15) is 31.9 Å². The summed E-state index contributed by atoms with van der Waals surface area (Å²) >= 11 is 0. The van der Waals surface area contributed by atoms with E-state index in [4.69, 9.17) is 14.6 Å². The number of aromatic nitrogens is 2. The average Bonchev–Trinajstić information content (AvgIpc) is 3.09. The van der Waals surface area contributed by atoms with Gasteiger partial charge in [-0.3, -0.25) is 4.90 Å². The van der Waals surface area contributed by atoms with E-state index in [1.807, 2.05) is 61.1 Å². The van der Waals surface area contributed by atoms with E-state index in [0.717, 1.165) is 29.1 Å². The van der Waals surface area contributed by atoms with Crippen LogP contribution in [0.5, 0.6) is 11.6 Å². The SMILES string of the molecule is CCOC[C@H](O)CN(Cc1c(-c2ccccc2)nn(C)c1Oc1ccc(C)cc1)CC(C)C. The molecule has 3 aromatic rings. The number of nitrogens with zero attached hydrogens (tertiary/aromatic N) is 3. The lowest BCUT2D eigenvalue weighted by Crippen LogP contribution is -2.37. The van der Waals surface area contributed by atoms with Gasteiger partial charge in [0.05, 0.1) is 18.3 Å². The molecule has 0 radical (unpaired) electrons. The van der Waals surface area contributed by atoms with Crippen molar-refractivity contribution in [2.45, 2.75) is 40.3 Å². The summed E-state index contributed by atoms with van der Waals surface area (Å²) in [7, 11) is 1.91. The molecule has 0 bridgehead atoms. The molecule has 2 aromatic carbocycles. The molecule has 33 heavy (non-hydrogen) atoms. The Bertz CT molecular complexity index is 984. The van der Waals surface area contributed by atoms with Gasteiger partial charge in [-0.2, -0.15) is 5.10 Å². The van der Waals surface area contributed by atoms with Crippen LogP contribution >= 0.6 is 0 Å². The van der Waals surface area contributed by atoms with Crippen LogP contribution in [0.15, 0.2) is 54.6 Å². The van der Waals surface area contributed by atoms with Gasteiger partial charge in [-0.15, -0.1) is 0 Å². The number of aliphatic hydroxyl groups is 1. The molecule has 0 saturated heterocycles. The fraction of sp³-hybridized carbons (Fsp3) is 0.444. The van der Waals surface area contributed by atoms with Crippen LogP contribution in [0.2, 0.25) is 0 Å². The van der Waals surface area contributed by atoms with E-state index in [0.29, 0.717) is 38.1 Å². The molecule has 3 rings (SSSR count). The lowest BCUT2D eigenvalue weighted by molar-refractivity contribution is 0.0174. The molecule has 0 amide bonds. The summed E-state index contributed by atoms with van der Waals surface area (Å²) in [5.74, 6) is 1.93. The van der Waals surface area contributed by atoms with Crippen LogP contribution in [0.25, 0.3) is 11.3 Å². The molecule has 6 nitrogen and oxygen atoms in total. The Balaban J connectivity index is 1.97. The summed E-state index contributed by atoms with van der Waals surface area (Å²) in [6.45, 7) is 11.3. The third-order valence-corrected chi connectivity index (χ3v) is 5.36. The van der Waals surface area contributed by atoms with Gasteiger partial charge in [0, 0.05) is 38.9 Å². The number of ether oxygens (including phenoxy) is 2. The molecule has 0 aliphatic carbocycles. The molecule has 0 aliphatic heterocycles. The van der Waals surface area contributed by atoms with Gasteiger partial charge in [-0.25, -0.2) is 4.68 Å². The summed E-state index contributed by atoms with van der Waals surface area (Å²) < 4.78 is 13.6. The first-order valence-corrected chi connectivity index (χ1v) is 11.7. The van der Waals surface area contributed by atoms with E-state index in [-0.39, 0.29) is 0 Å². The highest BCUT2D eigenvalue weighted by molar-refractivity contribution is 5.65. The number of hydrogen-bond acceptors (Lipinski definition) is 5. The molecule has 1 atom stereocenters. The van der Waals surface area contributed by atoms with Crippen LogP contribution < -0.4 is 4.74 Å². The first kappa shape index (κ1) is 25.0. The lowest BCUT2D eigenvalue weighted by Gasteiger charge is -2.27. The van der Waals surface area contributed by atoms with Crippen molar-refractivity contribution in [1.29, 1.82) is 0 Å². The highest BCUT2D eigenvalue weighted by Gasteiger charge is 2.24. The Morgan fingerprint density at radius 3 is 2.36 bits per heavy atom. The fourth-order valence-corrected chi connectivity index (χ4v) is 3.92. The van der Waals surface area contributed by atoms with Crippen molar-refractivity contribution in [1.82, 2.24) is 14.7 Å². The molecule has 0 unspecified atom stereocenters. The summed E-state index contributed by atoms with van der Waals surface area (Å²) in [5.41, 5.74) is 4.13. The first-order valence-electron chi connectivity index (χ1n) is 11.7. The quantitative estimate of drug-likeness (QED) is 0.418. The van der Waals surface area contributed by atoms with Gasteiger partial charge in [-0.1, -0.05) is 61.9 Å². The van der Waals surface area contributed by atoms with Gasteiger partial charge in [0.25, 0.3) is 0 Å². The number of hydrogen-bond donors (Lipinski definition) is 1. The maximum absolute atomic E-state index is 10.5. The molecule has 6 heteroatoms. The van der Waals surface area contributed by atoms with Crippen molar-refractivity contribution >= 4 is 0 Å². The zero-order valence-electron chi connectivity index (χ0n) is 20.5. The second kappa shape index (κ2) is 12.0. The molecular formula is C27H37N3O3. The third-order valence-electron chi connectivity index (χ3n) is 5.36. The van der Waals surface area contributed by atoms with E-state index in [1.54, 1.807) is 0 Å². The maximum Gasteiger partial charge on any atom is 0.222 e. The molecular weight excluding hydrogens is 414 g/mol. The number of aryl methyl sites for hydroxylation is 2. The van der Waals surface area contributed by atoms with Crippen LogP contribution in [0.3, 0.4) is 0 Å². The molecule has 0 saturated carbocycles. The predicted octanol–water partition coefficient (Wildman–Crippen LogP) is 5.04. The fourth-order valence-electron chi connectivity index (χ4n) is 3.92. The maximum atomic E-state index is 10.5. The minimum absolute atomic E-state index is 0.330. The lowest BCUT2D eigenvalue weighted by atomic mass is 10.1. The average molecular weight is 452 g/mol. The van der Waals surface area contributed by atoms with Gasteiger partial charge >= 0.3 is 0 Å². The highest BCUT2D eigenvalue weighted by Crippen LogP contribution is 2.34. The number of aliphatic hydroxyl groups excluding tert-OH is 1.